The Balaban J connectivity index is 0.00000220. The fourth-order valence-corrected chi connectivity index (χ4v) is 2.59. The van der Waals surface area contributed by atoms with Crippen LogP contribution < -0.4 is 15.4 Å². The highest BCUT2D eigenvalue weighted by molar-refractivity contribution is 5.85. The van der Waals surface area contributed by atoms with E-state index < -0.39 is 0 Å². The molecule has 1 atom stereocenters. The SMILES string of the molecule is CNCC1CCN(C(=O)CNc2ccccc2OC)C1.Cl.Cl. The first-order chi connectivity index (χ1) is 9.74. The fourth-order valence-electron chi connectivity index (χ4n) is 2.59. The molecule has 2 N–H and O–H groups in total. The minimum absolute atomic E-state index is 0. The number of ether oxygens (including phenoxy) is 1. The number of halogens is 2. The Kier molecular flexibility index (Phi) is 9.98. The Hall–Kier alpha value is -1.17. The third-order valence-electron chi connectivity index (χ3n) is 3.67. The van der Waals surface area contributed by atoms with Gasteiger partial charge in [0.15, 0.2) is 0 Å². The third kappa shape index (κ3) is 5.55. The van der Waals surface area contributed by atoms with Crippen LogP contribution in [0.2, 0.25) is 0 Å². The number of amides is 1. The van der Waals surface area contributed by atoms with Gasteiger partial charge in [-0.1, -0.05) is 12.1 Å². The number of likely N-dealkylation sites (tertiary alicyclic amines) is 1. The minimum Gasteiger partial charge on any atom is -0.495 e. The van der Waals surface area contributed by atoms with E-state index in [-0.39, 0.29) is 30.7 Å². The van der Waals surface area contributed by atoms with Crippen molar-refractivity contribution in [3.05, 3.63) is 24.3 Å². The van der Waals surface area contributed by atoms with Gasteiger partial charge in [-0.05, 0) is 38.1 Å². The standard InChI is InChI=1S/C15H23N3O2.2ClH/c1-16-9-12-7-8-18(11-12)15(19)10-17-13-5-3-4-6-14(13)20-2;;/h3-6,12,16-17H,7-11H2,1-2H3;2*1H. The van der Waals surface area contributed by atoms with Crippen LogP contribution in [0.3, 0.4) is 0 Å². The summed E-state index contributed by atoms with van der Waals surface area (Å²) in [6.07, 6.45) is 1.08. The van der Waals surface area contributed by atoms with Gasteiger partial charge in [0, 0.05) is 13.1 Å². The largest absolute Gasteiger partial charge is 0.495 e. The Bertz CT molecular complexity index is 460. The van der Waals surface area contributed by atoms with E-state index in [1.807, 2.05) is 36.2 Å². The van der Waals surface area contributed by atoms with Crippen molar-refractivity contribution in [1.82, 2.24) is 10.2 Å². The highest BCUT2D eigenvalue weighted by Crippen LogP contribution is 2.23. The third-order valence-corrected chi connectivity index (χ3v) is 3.67. The first-order valence-corrected chi connectivity index (χ1v) is 7.04. The molecular formula is C15H25Cl2N3O2. The number of anilines is 1. The van der Waals surface area contributed by atoms with Gasteiger partial charge in [0.1, 0.15) is 5.75 Å². The lowest BCUT2D eigenvalue weighted by atomic mass is 10.1. The van der Waals surface area contributed by atoms with Crippen LogP contribution in [0.25, 0.3) is 0 Å². The molecule has 1 aromatic rings. The Labute approximate surface area is 144 Å². The summed E-state index contributed by atoms with van der Waals surface area (Å²) in [6.45, 7) is 3.00. The van der Waals surface area contributed by atoms with Gasteiger partial charge in [-0.3, -0.25) is 4.79 Å². The highest BCUT2D eigenvalue weighted by atomic mass is 35.5. The highest BCUT2D eigenvalue weighted by Gasteiger charge is 2.25. The lowest BCUT2D eigenvalue weighted by Gasteiger charge is -2.18. The number of methoxy groups -OCH3 is 1. The molecule has 2 rings (SSSR count). The van der Waals surface area contributed by atoms with Crippen molar-refractivity contribution >= 4 is 36.4 Å². The molecule has 0 aromatic heterocycles. The van der Waals surface area contributed by atoms with Crippen molar-refractivity contribution in [2.24, 2.45) is 5.92 Å². The van der Waals surface area contributed by atoms with Crippen LogP contribution in [0.1, 0.15) is 6.42 Å². The lowest BCUT2D eigenvalue weighted by molar-refractivity contribution is -0.128. The molecule has 1 aliphatic rings. The summed E-state index contributed by atoms with van der Waals surface area (Å²) in [5, 5.41) is 6.33. The van der Waals surface area contributed by atoms with Crippen LogP contribution in [-0.2, 0) is 4.79 Å². The van der Waals surface area contributed by atoms with E-state index in [1.165, 1.54) is 0 Å². The zero-order chi connectivity index (χ0) is 14.4. The van der Waals surface area contributed by atoms with Crippen molar-refractivity contribution < 1.29 is 9.53 Å². The normalized spacial score (nSPS) is 16.5. The number of benzene rings is 1. The maximum Gasteiger partial charge on any atom is 0.241 e. The molecule has 0 bridgehead atoms. The maximum atomic E-state index is 12.2. The van der Waals surface area contributed by atoms with Gasteiger partial charge in [0.2, 0.25) is 5.91 Å². The molecule has 7 heteroatoms. The molecule has 0 saturated carbocycles. The average molecular weight is 350 g/mol. The van der Waals surface area contributed by atoms with Crippen LogP contribution in [0, 0.1) is 5.92 Å². The zero-order valence-corrected chi connectivity index (χ0v) is 14.6. The zero-order valence-electron chi connectivity index (χ0n) is 13.0. The van der Waals surface area contributed by atoms with E-state index in [9.17, 15) is 4.79 Å². The van der Waals surface area contributed by atoms with E-state index in [4.69, 9.17) is 4.74 Å². The van der Waals surface area contributed by atoms with Crippen LogP contribution in [0.15, 0.2) is 24.3 Å². The van der Waals surface area contributed by atoms with E-state index in [2.05, 4.69) is 10.6 Å². The second-order valence-corrected chi connectivity index (χ2v) is 5.11. The lowest BCUT2D eigenvalue weighted by Crippen LogP contribution is -2.34. The van der Waals surface area contributed by atoms with Crippen molar-refractivity contribution in [3.63, 3.8) is 0 Å². The van der Waals surface area contributed by atoms with E-state index in [0.29, 0.717) is 12.5 Å². The predicted octanol–water partition coefficient (Wildman–Crippen LogP) is 2.02. The molecule has 1 saturated heterocycles. The number of carbonyl (C=O) groups excluding carboxylic acids is 1. The summed E-state index contributed by atoms with van der Waals surface area (Å²) >= 11 is 0. The maximum absolute atomic E-state index is 12.2. The number of nitrogens with one attached hydrogen (secondary N) is 2. The topological polar surface area (TPSA) is 53.6 Å². The van der Waals surface area contributed by atoms with Gasteiger partial charge < -0.3 is 20.3 Å². The molecule has 0 radical (unpaired) electrons. The molecule has 22 heavy (non-hydrogen) atoms. The molecule has 1 aliphatic heterocycles. The van der Waals surface area contributed by atoms with Gasteiger partial charge >= 0.3 is 0 Å². The molecule has 0 spiro atoms. The quantitative estimate of drug-likeness (QED) is 0.824. The summed E-state index contributed by atoms with van der Waals surface area (Å²) in [5.74, 6) is 1.49. The van der Waals surface area contributed by atoms with Crippen molar-refractivity contribution in [2.45, 2.75) is 6.42 Å². The van der Waals surface area contributed by atoms with Gasteiger partial charge in [0.25, 0.3) is 0 Å². The van der Waals surface area contributed by atoms with Gasteiger partial charge in [-0.25, -0.2) is 0 Å². The summed E-state index contributed by atoms with van der Waals surface area (Å²) in [7, 11) is 3.58. The van der Waals surface area contributed by atoms with Crippen LogP contribution in [0.4, 0.5) is 5.69 Å². The monoisotopic (exact) mass is 349 g/mol. The molecule has 5 nitrogen and oxygen atoms in total. The Morgan fingerprint density at radius 2 is 2.09 bits per heavy atom. The van der Waals surface area contributed by atoms with Gasteiger partial charge in [-0.15, -0.1) is 24.8 Å². The molecule has 1 fully saturated rings. The van der Waals surface area contributed by atoms with E-state index in [0.717, 1.165) is 37.5 Å². The number of carbonyl (C=O) groups is 1. The van der Waals surface area contributed by atoms with Crippen LogP contribution >= 0.6 is 24.8 Å². The number of hydrogen-bond acceptors (Lipinski definition) is 4. The van der Waals surface area contributed by atoms with Crippen molar-refractivity contribution in [1.29, 1.82) is 0 Å². The fraction of sp³-hybridized carbons (Fsp3) is 0.533. The first kappa shape index (κ1) is 20.8. The molecular weight excluding hydrogens is 325 g/mol. The van der Waals surface area contributed by atoms with Crippen LogP contribution in [0.5, 0.6) is 5.75 Å². The van der Waals surface area contributed by atoms with E-state index >= 15 is 0 Å². The van der Waals surface area contributed by atoms with Crippen molar-refractivity contribution in [3.8, 4) is 5.75 Å². The number of para-hydroxylation sites is 2. The molecule has 1 amide bonds. The summed E-state index contributed by atoms with van der Waals surface area (Å²) in [5.41, 5.74) is 0.856. The van der Waals surface area contributed by atoms with Crippen LogP contribution in [-0.4, -0.2) is 51.1 Å². The summed E-state index contributed by atoms with van der Waals surface area (Å²) < 4.78 is 5.26. The number of hydrogen-bond donors (Lipinski definition) is 2. The Morgan fingerprint density at radius 3 is 2.77 bits per heavy atom. The summed E-state index contributed by atoms with van der Waals surface area (Å²) in [4.78, 5) is 14.1. The van der Waals surface area contributed by atoms with Gasteiger partial charge in [-0.2, -0.15) is 0 Å². The molecule has 0 aliphatic carbocycles. The van der Waals surface area contributed by atoms with E-state index in [1.54, 1.807) is 7.11 Å². The predicted molar refractivity (Wildman–Crippen MR) is 94.6 cm³/mol. The second kappa shape index (κ2) is 10.5. The molecule has 1 aromatic carbocycles. The molecule has 1 heterocycles. The summed E-state index contributed by atoms with van der Waals surface area (Å²) in [6, 6.07) is 7.63. The molecule has 1 unspecified atom stereocenters. The number of nitrogens with zero attached hydrogens (tertiary/aromatic N) is 1. The smallest absolute Gasteiger partial charge is 0.241 e. The first-order valence-electron chi connectivity index (χ1n) is 7.04. The average Bonchev–Trinajstić information content (AvgIpc) is 2.94. The van der Waals surface area contributed by atoms with Crippen molar-refractivity contribution in [2.75, 3.05) is 45.7 Å². The van der Waals surface area contributed by atoms with Gasteiger partial charge in [0.05, 0.1) is 19.3 Å². The minimum atomic E-state index is 0. The number of rotatable bonds is 6. The molecule has 126 valence electrons. The second-order valence-electron chi connectivity index (χ2n) is 5.11. The Morgan fingerprint density at radius 1 is 1.36 bits per heavy atom.